The molecule has 1 aromatic heterocycles. The molecular formula is C15H30N6O4. The normalized spacial score (nSPS) is 10.6. The molecule has 0 saturated carbocycles. The highest BCUT2D eigenvalue weighted by atomic mass is 16.5. The number of likely N-dealkylation sites (N-methyl/N-ethyl adjacent to an activating group) is 1. The van der Waals surface area contributed by atoms with Crippen molar-refractivity contribution in [3.8, 4) is 0 Å². The molecule has 10 nitrogen and oxygen atoms in total. The summed E-state index contributed by atoms with van der Waals surface area (Å²) >= 11 is 0. The van der Waals surface area contributed by atoms with Gasteiger partial charge in [0.2, 0.25) is 17.7 Å². The summed E-state index contributed by atoms with van der Waals surface area (Å²) in [5.74, 6) is -1.02. The Kier molecular flexibility index (Phi) is 13.8. The second-order valence-electron chi connectivity index (χ2n) is 4.95. The second-order valence-corrected chi connectivity index (χ2v) is 4.95. The summed E-state index contributed by atoms with van der Waals surface area (Å²) in [6, 6.07) is 0.695. The predicted molar refractivity (Wildman–Crippen MR) is 94.3 cm³/mol. The molecule has 8 N–H and O–H groups in total. The third-order valence-corrected chi connectivity index (χ3v) is 2.81. The largest absolute Gasteiger partial charge is 0.370 e. The van der Waals surface area contributed by atoms with Crippen LogP contribution >= 0.6 is 0 Å². The topological polar surface area (TPSA) is 179 Å². The molecule has 1 heterocycles. The van der Waals surface area contributed by atoms with Gasteiger partial charge in [0.15, 0.2) is 0 Å². The van der Waals surface area contributed by atoms with Crippen LogP contribution < -0.4 is 27.8 Å². The lowest BCUT2D eigenvalue weighted by molar-refractivity contribution is -0.130. The van der Waals surface area contributed by atoms with E-state index in [0.717, 1.165) is 5.69 Å². The molecule has 1 rings (SSSR count). The number of nitrogens with one attached hydrogen (secondary N) is 2. The van der Waals surface area contributed by atoms with E-state index in [1.54, 1.807) is 6.07 Å². The highest BCUT2D eigenvalue weighted by molar-refractivity contribution is 5.91. The summed E-state index contributed by atoms with van der Waals surface area (Å²) in [6.07, 6.45) is -0.328. The maximum atomic E-state index is 11.9. The van der Waals surface area contributed by atoms with Crippen LogP contribution in [-0.2, 0) is 20.8 Å². The van der Waals surface area contributed by atoms with Crippen molar-refractivity contribution in [1.29, 1.82) is 0 Å². The molecule has 0 unspecified atom stereocenters. The molecule has 0 aromatic carbocycles. The van der Waals surface area contributed by atoms with Crippen LogP contribution in [0.5, 0.6) is 0 Å². The van der Waals surface area contributed by atoms with Crippen LogP contribution in [0, 0.1) is 0 Å². The molecule has 10 heteroatoms. The van der Waals surface area contributed by atoms with Gasteiger partial charge < -0.3 is 32.4 Å². The van der Waals surface area contributed by atoms with Crippen LogP contribution in [0.15, 0.2) is 10.6 Å². The molecule has 1 aromatic rings. The van der Waals surface area contributed by atoms with E-state index in [4.69, 9.17) is 10.3 Å². The fourth-order valence-electron chi connectivity index (χ4n) is 1.67. The number of nitrogens with zero attached hydrogens (tertiary/aromatic N) is 1. The Hall–Kier alpha value is -2.46. The van der Waals surface area contributed by atoms with Crippen molar-refractivity contribution in [2.24, 2.45) is 17.2 Å². The predicted octanol–water partition coefficient (Wildman–Crippen LogP) is -1.40. The first-order valence-electron chi connectivity index (χ1n) is 7.73. The molecule has 1 atom stereocenters. The van der Waals surface area contributed by atoms with Gasteiger partial charge in [0.05, 0.1) is 18.5 Å². The van der Waals surface area contributed by atoms with Gasteiger partial charge in [0, 0.05) is 13.1 Å². The standard InChI is InChI=1S/C13H20N4O4.2CH5N/c1-7(2)9-4-8(21-17-9)5-12(19)16-10(6-11(14)18)13(20)15-3;2*1-2/h4,7,10H,5-6H2,1-3H3,(H2,14,18)(H,15,20)(H,16,19);2*2H2,1H3/t10-;;/m0../s1. The lowest BCUT2D eigenvalue weighted by atomic mass is 10.1. The van der Waals surface area contributed by atoms with Crippen LogP contribution in [0.1, 0.15) is 37.6 Å². The van der Waals surface area contributed by atoms with E-state index in [0.29, 0.717) is 5.76 Å². The molecule has 144 valence electrons. The quantitative estimate of drug-likeness (QED) is 0.397. The van der Waals surface area contributed by atoms with Gasteiger partial charge in [0.25, 0.3) is 0 Å². The Labute approximate surface area is 147 Å². The van der Waals surface area contributed by atoms with E-state index in [1.165, 1.54) is 21.1 Å². The van der Waals surface area contributed by atoms with E-state index < -0.39 is 23.8 Å². The number of hydrogen-bond acceptors (Lipinski definition) is 7. The molecule has 0 saturated heterocycles. The summed E-state index contributed by atoms with van der Waals surface area (Å²) in [5, 5.41) is 8.65. The summed E-state index contributed by atoms with van der Waals surface area (Å²) < 4.78 is 5.04. The van der Waals surface area contributed by atoms with E-state index in [-0.39, 0.29) is 18.8 Å². The molecule has 0 radical (unpaired) electrons. The van der Waals surface area contributed by atoms with Gasteiger partial charge in [-0.15, -0.1) is 0 Å². The number of rotatable bonds is 7. The Morgan fingerprint density at radius 3 is 2.16 bits per heavy atom. The van der Waals surface area contributed by atoms with Gasteiger partial charge in [0.1, 0.15) is 11.8 Å². The van der Waals surface area contributed by atoms with E-state index >= 15 is 0 Å². The monoisotopic (exact) mass is 358 g/mol. The summed E-state index contributed by atoms with van der Waals surface area (Å²) in [7, 11) is 4.41. The van der Waals surface area contributed by atoms with Crippen LogP contribution in [0.25, 0.3) is 0 Å². The number of aromatic nitrogens is 1. The third-order valence-electron chi connectivity index (χ3n) is 2.81. The van der Waals surface area contributed by atoms with Gasteiger partial charge in [-0.3, -0.25) is 14.4 Å². The highest BCUT2D eigenvalue weighted by Crippen LogP contribution is 2.14. The lowest BCUT2D eigenvalue weighted by Crippen LogP contribution is -2.48. The summed E-state index contributed by atoms with van der Waals surface area (Å²) in [4.78, 5) is 34.3. The van der Waals surface area contributed by atoms with Crippen molar-refractivity contribution >= 4 is 17.7 Å². The molecule has 3 amide bonds. The van der Waals surface area contributed by atoms with Crippen LogP contribution in [0.2, 0.25) is 0 Å². The molecule has 25 heavy (non-hydrogen) atoms. The first kappa shape index (κ1) is 24.8. The average Bonchev–Trinajstić information content (AvgIpc) is 3.05. The third kappa shape index (κ3) is 10.1. The maximum absolute atomic E-state index is 11.9. The fraction of sp³-hybridized carbons (Fsp3) is 0.600. The van der Waals surface area contributed by atoms with Gasteiger partial charge in [-0.2, -0.15) is 0 Å². The fourth-order valence-corrected chi connectivity index (χ4v) is 1.67. The zero-order valence-corrected chi connectivity index (χ0v) is 15.5. The first-order chi connectivity index (χ1) is 11.8. The Morgan fingerprint density at radius 1 is 1.20 bits per heavy atom. The number of nitrogens with two attached hydrogens (primary N) is 3. The Morgan fingerprint density at radius 2 is 1.76 bits per heavy atom. The van der Waals surface area contributed by atoms with E-state index in [1.807, 2.05) is 13.8 Å². The van der Waals surface area contributed by atoms with Crippen LogP contribution in [0.3, 0.4) is 0 Å². The average molecular weight is 358 g/mol. The SMILES string of the molecule is CN.CN.CNC(=O)[C@H](CC(N)=O)NC(=O)Cc1cc(C(C)C)no1. The number of carbonyl (C=O) groups excluding carboxylic acids is 3. The number of primary amides is 1. The second kappa shape index (κ2) is 13.9. The number of amides is 3. The van der Waals surface area contributed by atoms with Crippen molar-refractivity contribution in [2.45, 2.75) is 38.6 Å². The summed E-state index contributed by atoms with van der Waals surface area (Å²) in [6.45, 7) is 3.91. The van der Waals surface area contributed by atoms with Gasteiger partial charge in [-0.05, 0) is 20.0 Å². The maximum Gasteiger partial charge on any atom is 0.242 e. The molecule has 0 spiro atoms. The van der Waals surface area contributed by atoms with Crippen molar-refractivity contribution in [2.75, 3.05) is 21.1 Å². The zero-order valence-electron chi connectivity index (χ0n) is 15.5. The minimum Gasteiger partial charge on any atom is -0.370 e. The highest BCUT2D eigenvalue weighted by Gasteiger charge is 2.22. The minimum absolute atomic E-state index is 0.0635. The van der Waals surface area contributed by atoms with Gasteiger partial charge in [-0.25, -0.2) is 0 Å². The Balaban J connectivity index is 0. The van der Waals surface area contributed by atoms with Crippen molar-refractivity contribution in [3.05, 3.63) is 17.5 Å². The lowest BCUT2D eigenvalue weighted by Gasteiger charge is -2.15. The molecule has 0 aliphatic carbocycles. The Bertz CT molecular complexity index is 530. The zero-order chi connectivity index (χ0) is 20.0. The molecule has 0 aliphatic rings. The van der Waals surface area contributed by atoms with E-state index in [2.05, 4.69) is 27.3 Å². The smallest absolute Gasteiger partial charge is 0.242 e. The van der Waals surface area contributed by atoms with Crippen molar-refractivity contribution in [1.82, 2.24) is 15.8 Å². The molecular weight excluding hydrogens is 328 g/mol. The minimum atomic E-state index is -0.993. The molecule has 0 bridgehead atoms. The number of carbonyl (C=O) groups is 3. The van der Waals surface area contributed by atoms with E-state index in [9.17, 15) is 14.4 Å². The molecule has 0 fully saturated rings. The number of hydrogen-bond donors (Lipinski definition) is 5. The van der Waals surface area contributed by atoms with Gasteiger partial charge >= 0.3 is 0 Å². The van der Waals surface area contributed by atoms with Gasteiger partial charge in [-0.1, -0.05) is 19.0 Å². The van der Waals surface area contributed by atoms with Crippen molar-refractivity contribution < 1.29 is 18.9 Å². The molecule has 0 aliphatic heterocycles. The summed E-state index contributed by atoms with van der Waals surface area (Å²) in [5.41, 5.74) is 14.8. The van der Waals surface area contributed by atoms with Crippen molar-refractivity contribution in [3.63, 3.8) is 0 Å². The first-order valence-corrected chi connectivity index (χ1v) is 7.73. The van der Waals surface area contributed by atoms with Crippen LogP contribution in [-0.4, -0.2) is 50.1 Å². The van der Waals surface area contributed by atoms with Crippen LogP contribution in [0.4, 0.5) is 0 Å².